The lowest BCUT2D eigenvalue weighted by molar-refractivity contribution is -0.116. The van der Waals surface area contributed by atoms with Crippen molar-refractivity contribution in [3.63, 3.8) is 0 Å². The van der Waals surface area contributed by atoms with Crippen LogP contribution in [0.3, 0.4) is 0 Å². The first kappa shape index (κ1) is 18.9. The predicted molar refractivity (Wildman–Crippen MR) is 94.3 cm³/mol. The van der Waals surface area contributed by atoms with Gasteiger partial charge in [-0.2, -0.15) is 0 Å². The van der Waals surface area contributed by atoms with Crippen molar-refractivity contribution in [2.24, 2.45) is 5.92 Å². The second-order valence-corrected chi connectivity index (χ2v) is 6.87. The quantitative estimate of drug-likeness (QED) is 0.637. The highest BCUT2D eigenvalue weighted by Gasteiger charge is 2.22. The average molecular weight is 336 g/mol. The molecule has 3 N–H and O–H groups in total. The molecule has 0 aromatic heterocycles. The van der Waals surface area contributed by atoms with Crippen LogP contribution >= 0.6 is 0 Å². The van der Waals surface area contributed by atoms with E-state index in [0.29, 0.717) is 18.0 Å². The second-order valence-electron chi connectivity index (χ2n) is 6.87. The van der Waals surface area contributed by atoms with E-state index >= 15 is 0 Å². The molecule has 0 bridgehead atoms. The molecule has 3 atom stereocenters. The van der Waals surface area contributed by atoms with Crippen LogP contribution in [0.25, 0.3) is 0 Å². The summed E-state index contributed by atoms with van der Waals surface area (Å²) < 4.78 is 12.8. The summed E-state index contributed by atoms with van der Waals surface area (Å²) in [6, 6.07) is 5.86. The normalized spacial score (nSPS) is 22.1. The topological polar surface area (TPSA) is 61.4 Å². The Morgan fingerprint density at radius 1 is 1.29 bits per heavy atom. The van der Waals surface area contributed by atoms with Gasteiger partial charge in [-0.15, -0.1) is 0 Å². The molecule has 3 unspecified atom stereocenters. The number of nitrogens with one attached hydrogen (secondary N) is 2. The zero-order valence-electron chi connectivity index (χ0n) is 14.4. The molecule has 5 heteroatoms. The maximum atomic E-state index is 12.8. The van der Waals surface area contributed by atoms with Crippen molar-refractivity contribution < 1.29 is 14.3 Å². The summed E-state index contributed by atoms with van der Waals surface area (Å²) in [6.45, 7) is 2.84. The summed E-state index contributed by atoms with van der Waals surface area (Å²) in [5, 5.41) is 16.1. The van der Waals surface area contributed by atoms with E-state index in [4.69, 9.17) is 0 Å². The maximum absolute atomic E-state index is 12.8. The Morgan fingerprint density at radius 2 is 2.00 bits per heavy atom. The fraction of sp³-hybridized carbons (Fsp3) is 0.632. The van der Waals surface area contributed by atoms with Gasteiger partial charge in [-0.05, 0) is 69.3 Å². The van der Waals surface area contributed by atoms with E-state index in [1.807, 2.05) is 6.92 Å². The Kier molecular flexibility index (Phi) is 7.66. The van der Waals surface area contributed by atoms with Crippen molar-refractivity contribution in [2.45, 2.75) is 64.0 Å². The summed E-state index contributed by atoms with van der Waals surface area (Å²) in [5.74, 6) is 0.0491. The fourth-order valence-corrected chi connectivity index (χ4v) is 3.33. The minimum atomic E-state index is -0.314. The molecule has 0 saturated heterocycles. The number of benzene rings is 1. The number of carbonyl (C=O) groups is 1. The zero-order chi connectivity index (χ0) is 17.4. The summed E-state index contributed by atoms with van der Waals surface area (Å²) >= 11 is 0. The van der Waals surface area contributed by atoms with E-state index in [0.717, 1.165) is 38.6 Å². The monoisotopic (exact) mass is 336 g/mol. The Balaban J connectivity index is 1.59. The molecule has 0 radical (unpaired) electrons. The van der Waals surface area contributed by atoms with E-state index < -0.39 is 0 Å². The molecule has 134 valence electrons. The van der Waals surface area contributed by atoms with E-state index in [1.54, 1.807) is 12.1 Å². The molecule has 4 nitrogen and oxygen atoms in total. The van der Waals surface area contributed by atoms with Crippen molar-refractivity contribution in [2.75, 3.05) is 11.9 Å². The molecule has 0 aliphatic heterocycles. The molecule has 1 saturated carbocycles. The number of amides is 1. The number of halogens is 1. The highest BCUT2D eigenvalue weighted by Crippen LogP contribution is 2.27. The molecule has 1 aromatic carbocycles. The largest absolute Gasteiger partial charge is 0.393 e. The Labute approximate surface area is 143 Å². The lowest BCUT2D eigenvalue weighted by Crippen LogP contribution is -2.32. The molecule has 1 aromatic rings. The number of rotatable bonds is 8. The van der Waals surface area contributed by atoms with Crippen LogP contribution in [-0.2, 0) is 4.79 Å². The number of aliphatic hydroxyl groups excluding tert-OH is 1. The second kappa shape index (κ2) is 9.74. The Hall–Kier alpha value is -1.46. The van der Waals surface area contributed by atoms with Gasteiger partial charge < -0.3 is 15.7 Å². The van der Waals surface area contributed by atoms with Gasteiger partial charge in [0, 0.05) is 18.2 Å². The summed E-state index contributed by atoms with van der Waals surface area (Å²) in [7, 11) is 0. The van der Waals surface area contributed by atoms with Crippen LogP contribution in [0.1, 0.15) is 51.9 Å². The van der Waals surface area contributed by atoms with E-state index in [1.165, 1.54) is 18.6 Å². The van der Waals surface area contributed by atoms with E-state index in [9.17, 15) is 14.3 Å². The maximum Gasteiger partial charge on any atom is 0.225 e. The molecular formula is C19H29FN2O2. The fourth-order valence-electron chi connectivity index (χ4n) is 3.33. The van der Waals surface area contributed by atoms with Crippen molar-refractivity contribution in [3.8, 4) is 0 Å². The first-order chi connectivity index (χ1) is 11.5. The van der Waals surface area contributed by atoms with Crippen molar-refractivity contribution >= 4 is 11.6 Å². The van der Waals surface area contributed by atoms with E-state index in [-0.39, 0.29) is 23.9 Å². The van der Waals surface area contributed by atoms with Crippen LogP contribution in [0.4, 0.5) is 10.1 Å². The minimum absolute atomic E-state index is 0.0793. The van der Waals surface area contributed by atoms with Crippen molar-refractivity contribution in [3.05, 3.63) is 30.1 Å². The van der Waals surface area contributed by atoms with E-state index in [2.05, 4.69) is 10.6 Å². The first-order valence-corrected chi connectivity index (χ1v) is 9.01. The van der Waals surface area contributed by atoms with Crippen LogP contribution in [0.2, 0.25) is 0 Å². The van der Waals surface area contributed by atoms with Gasteiger partial charge in [-0.1, -0.05) is 12.8 Å². The molecule has 1 aliphatic carbocycles. The smallest absolute Gasteiger partial charge is 0.225 e. The third-order valence-electron chi connectivity index (χ3n) is 4.73. The van der Waals surface area contributed by atoms with Gasteiger partial charge in [-0.3, -0.25) is 4.79 Å². The third kappa shape index (κ3) is 6.57. The summed E-state index contributed by atoms with van der Waals surface area (Å²) in [6.07, 6.45) is 6.77. The predicted octanol–water partition coefficient (Wildman–Crippen LogP) is 3.46. The summed E-state index contributed by atoms with van der Waals surface area (Å²) in [4.78, 5) is 12.0. The molecule has 1 amide bonds. The third-order valence-corrected chi connectivity index (χ3v) is 4.73. The van der Waals surface area contributed by atoms with Crippen LogP contribution < -0.4 is 10.6 Å². The van der Waals surface area contributed by atoms with Gasteiger partial charge in [0.25, 0.3) is 0 Å². The van der Waals surface area contributed by atoms with Gasteiger partial charge in [0.2, 0.25) is 5.91 Å². The van der Waals surface area contributed by atoms with Gasteiger partial charge in [0.15, 0.2) is 0 Å². The molecule has 0 heterocycles. The van der Waals surface area contributed by atoms with Crippen molar-refractivity contribution in [1.82, 2.24) is 5.32 Å². The number of anilines is 1. The number of carbonyl (C=O) groups excluding carboxylic acids is 1. The van der Waals surface area contributed by atoms with Gasteiger partial charge in [0.05, 0.1) is 6.10 Å². The zero-order valence-corrected chi connectivity index (χ0v) is 14.4. The lowest BCUT2D eigenvalue weighted by Gasteiger charge is -2.27. The standard InChI is InChI=1S/C19H29FN2O2/c1-14(13-19(24)22-17-10-8-16(20)9-11-17)21-12-4-6-15-5-2-3-7-18(15)23/h8-11,14-15,18,21,23H,2-7,12-13H2,1H3,(H,22,24). The van der Waals surface area contributed by atoms with Crippen LogP contribution in [0, 0.1) is 11.7 Å². The van der Waals surface area contributed by atoms with Crippen LogP contribution in [0.15, 0.2) is 24.3 Å². The highest BCUT2D eigenvalue weighted by atomic mass is 19.1. The first-order valence-electron chi connectivity index (χ1n) is 9.01. The SMILES string of the molecule is CC(CC(=O)Nc1ccc(F)cc1)NCCCC1CCCCC1O. The average Bonchev–Trinajstić information content (AvgIpc) is 2.55. The number of hydrogen-bond acceptors (Lipinski definition) is 3. The molecule has 1 aliphatic rings. The lowest BCUT2D eigenvalue weighted by atomic mass is 9.83. The molecule has 0 spiro atoms. The molecule has 1 fully saturated rings. The molecule has 2 rings (SSSR count). The van der Waals surface area contributed by atoms with Gasteiger partial charge in [-0.25, -0.2) is 4.39 Å². The number of aliphatic hydroxyl groups is 1. The Morgan fingerprint density at radius 3 is 2.71 bits per heavy atom. The molecular weight excluding hydrogens is 307 g/mol. The van der Waals surface area contributed by atoms with Gasteiger partial charge >= 0.3 is 0 Å². The summed E-state index contributed by atoms with van der Waals surface area (Å²) in [5.41, 5.74) is 0.611. The Bertz CT molecular complexity index is 507. The van der Waals surface area contributed by atoms with Gasteiger partial charge in [0.1, 0.15) is 5.82 Å². The molecule has 24 heavy (non-hydrogen) atoms. The minimum Gasteiger partial charge on any atom is -0.393 e. The number of hydrogen-bond donors (Lipinski definition) is 3. The van der Waals surface area contributed by atoms with Crippen LogP contribution in [0.5, 0.6) is 0 Å². The van der Waals surface area contributed by atoms with Crippen LogP contribution in [-0.4, -0.2) is 29.7 Å². The highest BCUT2D eigenvalue weighted by molar-refractivity contribution is 5.91. The van der Waals surface area contributed by atoms with Crippen molar-refractivity contribution in [1.29, 1.82) is 0 Å².